The van der Waals surface area contributed by atoms with Gasteiger partial charge in [-0.15, -0.1) is 0 Å². The Morgan fingerprint density at radius 3 is 2.65 bits per heavy atom. The van der Waals surface area contributed by atoms with Crippen LogP contribution >= 0.6 is 24.0 Å². The minimum Gasteiger partial charge on any atom is -0.361 e. The molecule has 0 radical (unpaired) electrons. The molecule has 1 aromatic rings. The lowest BCUT2D eigenvalue weighted by Crippen LogP contribution is -2.47. The molecule has 0 aliphatic rings. The first-order valence-electron chi connectivity index (χ1n) is 6.18. The molecule has 0 fully saturated rings. The van der Waals surface area contributed by atoms with Crippen LogP contribution in [0.15, 0.2) is 24.3 Å². The number of thioether (sulfide) groups is 1. The number of nitrogens with one attached hydrogen (secondary N) is 3. The van der Waals surface area contributed by atoms with Crippen LogP contribution in [0.4, 0.5) is 4.39 Å². The number of carbonyl (C=O) groups excluding carboxylic acids is 1. The van der Waals surface area contributed by atoms with E-state index >= 15 is 0 Å². The van der Waals surface area contributed by atoms with E-state index in [2.05, 4.69) is 16.2 Å². The molecular weight excluding hydrogens is 297 g/mol. The molecule has 0 saturated heterocycles. The molecule has 0 aliphatic carbocycles. The predicted octanol–water partition coefficient (Wildman–Crippen LogP) is 1.62. The highest BCUT2D eigenvalue weighted by atomic mass is 32.2. The van der Waals surface area contributed by atoms with Gasteiger partial charge in [0.25, 0.3) is 0 Å². The second-order valence-corrected chi connectivity index (χ2v) is 5.47. The summed E-state index contributed by atoms with van der Waals surface area (Å²) in [5, 5.41) is 3.37. The first-order valence-corrected chi connectivity index (χ1v) is 7.98. The highest BCUT2D eigenvalue weighted by Crippen LogP contribution is 2.03. The monoisotopic (exact) mass is 315 g/mol. The van der Waals surface area contributed by atoms with Crippen LogP contribution in [0.5, 0.6) is 0 Å². The third-order valence-electron chi connectivity index (χ3n) is 2.40. The van der Waals surface area contributed by atoms with E-state index in [-0.39, 0.29) is 18.1 Å². The van der Waals surface area contributed by atoms with E-state index < -0.39 is 0 Å². The van der Waals surface area contributed by atoms with Crippen molar-refractivity contribution in [3.05, 3.63) is 35.6 Å². The van der Waals surface area contributed by atoms with E-state index in [0.29, 0.717) is 5.11 Å². The van der Waals surface area contributed by atoms with Gasteiger partial charge in [0.2, 0.25) is 5.91 Å². The van der Waals surface area contributed by atoms with Gasteiger partial charge in [-0.05, 0) is 48.3 Å². The Labute approximate surface area is 127 Å². The lowest BCUT2D eigenvalue weighted by molar-refractivity contribution is -0.121. The third-order valence-corrected chi connectivity index (χ3v) is 3.35. The van der Waals surface area contributed by atoms with Crippen molar-refractivity contribution in [1.29, 1.82) is 0 Å². The second kappa shape index (κ2) is 9.55. The molecule has 0 spiro atoms. The van der Waals surface area contributed by atoms with Crippen LogP contribution in [0.2, 0.25) is 0 Å². The summed E-state index contributed by atoms with van der Waals surface area (Å²) in [5.41, 5.74) is 5.87. The van der Waals surface area contributed by atoms with Gasteiger partial charge in [0, 0.05) is 6.54 Å². The van der Waals surface area contributed by atoms with Gasteiger partial charge in [-0.1, -0.05) is 12.1 Å². The molecule has 3 N–H and O–H groups in total. The van der Waals surface area contributed by atoms with Crippen molar-refractivity contribution in [2.75, 3.05) is 18.6 Å². The van der Waals surface area contributed by atoms with Crippen molar-refractivity contribution < 1.29 is 9.18 Å². The average Bonchev–Trinajstić information content (AvgIpc) is 2.44. The van der Waals surface area contributed by atoms with E-state index in [1.54, 1.807) is 23.9 Å². The standard InChI is InChI=1S/C13H18FN3OS2/c1-20-8-2-7-15-13(19)17-16-12(18)9-10-3-5-11(14)6-4-10/h3-6H,2,7-9H2,1H3,(H,16,18)(H2,15,17,19). The van der Waals surface area contributed by atoms with E-state index in [0.717, 1.165) is 24.3 Å². The normalized spacial score (nSPS) is 9.90. The van der Waals surface area contributed by atoms with Gasteiger partial charge >= 0.3 is 0 Å². The predicted molar refractivity (Wildman–Crippen MR) is 85.0 cm³/mol. The summed E-state index contributed by atoms with van der Waals surface area (Å²) in [6, 6.07) is 5.81. The number of benzene rings is 1. The zero-order valence-electron chi connectivity index (χ0n) is 11.2. The van der Waals surface area contributed by atoms with Crippen molar-refractivity contribution in [2.24, 2.45) is 0 Å². The van der Waals surface area contributed by atoms with Crippen molar-refractivity contribution in [2.45, 2.75) is 12.8 Å². The van der Waals surface area contributed by atoms with Crippen LogP contribution in [-0.2, 0) is 11.2 Å². The molecule has 0 aliphatic heterocycles. The van der Waals surface area contributed by atoms with Crippen LogP contribution in [0.3, 0.4) is 0 Å². The van der Waals surface area contributed by atoms with Crippen molar-refractivity contribution in [3.8, 4) is 0 Å². The maximum Gasteiger partial charge on any atom is 0.242 e. The van der Waals surface area contributed by atoms with Gasteiger partial charge in [0.15, 0.2) is 5.11 Å². The molecule has 7 heteroatoms. The summed E-state index contributed by atoms with van der Waals surface area (Å²) >= 11 is 6.78. The third kappa shape index (κ3) is 7.30. The maximum atomic E-state index is 12.7. The van der Waals surface area contributed by atoms with Gasteiger partial charge in [-0.2, -0.15) is 11.8 Å². The summed E-state index contributed by atoms with van der Waals surface area (Å²) in [4.78, 5) is 11.6. The molecule has 0 unspecified atom stereocenters. The molecule has 1 amide bonds. The van der Waals surface area contributed by atoms with Crippen LogP contribution in [0.1, 0.15) is 12.0 Å². The van der Waals surface area contributed by atoms with Gasteiger partial charge in [0.05, 0.1) is 6.42 Å². The molecule has 0 heterocycles. The Hall–Kier alpha value is -1.34. The molecule has 4 nitrogen and oxygen atoms in total. The highest BCUT2D eigenvalue weighted by Gasteiger charge is 2.03. The molecule has 1 aromatic carbocycles. The minimum absolute atomic E-state index is 0.169. The molecule has 110 valence electrons. The van der Waals surface area contributed by atoms with Gasteiger partial charge in [-0.3, -0.25) is 15.6 Å². The summed E-state index contributed by atoms with van der Waals surface area (Å²) < 4.78 is 12.7. The van der Waals surface area contributed by atoms with E-state index in [1.807, 2.05) is 6.26 Å². The van der Waals surface area contributed by atoms with Crippen LogP contribution in [0, 0.1) is 5.82 Å². The second-order valence-electron chi connectivity index (χ2n) is 4.08. The number of amides is 1. The minimum atomic E-state index is -0.317. The van der Waals surface area contributed by atoms with E-state index in [4.69, 9.17) is 12.2 Å². The Morgan fingerprint density at radius 2 is 2.00 bits per heavy atom. The molecule has 0 aromatic heterocycles. The first-order chi connectivity index (χ1) is 9.61. The molecular formula is C13H18FN3OS2. The number of rotatable bonds is 6. The number of hydrogen-bond donors (Lipinski definition) is 3. The fraction of sp³-hybridized carbons (Fsp3) is 0.385. The fourth-order valence-electron chi connectivity index (χ4n) is 1.42. The summed E-state index contributed by atoms with van der Waals surface area (Å²) in [5.74, 6) is 0.514. The van der Waals surface area contributed by atoms with Crippen LogP contribution in [0.25, 0.3) is 0 Å². The SMILES string of the molecule is CSCCCNC(=S)NNC(=O)Cc1ccc(F)cc1. The smallest absolute Gasteiger partial charge is 0.242 e. The number of carbonyl (C=O) groups is 1. The lowest BCUT2D eigenvalue weighted by atomic mass is 10.1. The molecule has 1 rings (SSSR count). The van der Waals surface area contributed by atoms with Gasteiger partial charge in [0.1, 0.15) is 5.82 Å². The highest BCUT2D eigenvalue weighted by molar-refractivity contribution is 7.98. The van der Waals surface area contributed by atoms with Crippen molar-refractivity contribution in [3.63, 3.8) is 0 Å². The molecule has 0 saturated carbocycles. The Balaban J connectivity index is 2.19. The number of hydrazine groups is 1. The number of halogens is 1. The van der Waals surface area contributed by atoms with Crippen molar-refractivity contribution >= 4 is 35.0 Å². The van der Waals surface area contributed by atoms with E-state index in [9.17, 15) is 9.18 Å². The summed E-state index contributed by atoms with van der Waals surface area (Å²) in [6.07, 6.45) is 3.22. The lowest BCUT2D eigenvalue weighted by Gasteiger charge is -2.11. The molecule has 0 bridgehead atoms. The summed E-state index contributed by atoms with van der Waals surface area (Å²) in [7, 11) is 0. The largest absolute Gasteiger partial charge is 0.361 e. The van der Waals surface area contributed by atoms with Crippen LogP contribution < -0.4 is 16.2 Å². The number of hydrogen-bond acceptors (Lipinski definition) is 3. The Bertz CT molecular complexity index is 440. The van der Waals surface area contributed by atoms with Crippen LogP contribution in [-0.4, -0.2) is 29.6 Å². The zero-order valence-corrected chi connectivity index (χ0v) is 12.9. The molecule has 20 heavy (non-hydrogen) atoms. The van der Waals surface area contributed by atoms with Gasteiger partial charge in [-0.25, -0.2) is 4.39 Å². The molecule has 0 atom stereocenters. The Kier molecular flexibility index (Phi) is 7.98. The van der Waals surface area contributed by atoms with E-state index in [1.165, 1.54) is 12.1 Å². The quantitative estimate of drug-likeness (QED) is 0.423. The zero-order chi connectivity index (χ0) is 14.8. The maximum absolute atomic E-state index is 12.7. The Morgan fingerprint density at radius 1 is 1.30 bits per heavy atom. The topological polar surface area (TPSA) is 53.2 Å². The average molecular weight is 315 g/mol. The fourth-order valence-corrected chi connectivity index (χ4v) is 2.01. The van der Waals surface area contributed by atoms with Crippen molar-refractivity contribution in [1.82, 2.24) is 16.2 Å². The summed E-state index contributed by atoms with van der Waals surface area (Å²) in [6.45, 7) is 0.764. The van der Waals surface area contributed by atoms with Gasteiger partial charge < -0.3 is 5.32 Å². The first kappa shape index (κ1) is 16.7. The number of thiocarbonyl (C=S) groups is 1.